The van der Waals surface area contributed by atoms with Crippen LogP contribution in [0, 0.1) is 0 Å². The summed E-state index contributed by atoms with van der Waals surface area (Å²) in [6, 6.07) is 12.9. The van der Waals surface area contributed by atoms with E-state index in [-0.39, 0.29) is 5.96 Å². The molecule has 0 atom stereocenters. The molecule has 0 aliphatic carbocycles. The smallest absolute Gasteiger partial charge is 0.321 e. The molecule has 8 heteroatoms. The van der Waals surface area contributed by atoms with E-state index in [0.717, 1.165) is 16.7 Å². The van der Waals surface area contributed by atoms with Gasteiger partial charge in [-0.15, -0.1) is 0 Å². The molecular formula is C22H25N5O3. The fourth-order valence-corrected chi connectivity index (χ4v) is 2.83. The number of benzene rings is 1. The zero-order valence-electron chi connectivity index (χ0n) is 17.0. The van der Waals surface area contributed by atoms with Gasteiger partial charge in [-0.3, -0.25) is 10.3 Å². The third-order valence-corrected chi connectivity index (χ3v) is 4.19. The van der Waals surface area contributed by atoms with Crippen LogP contribution in [0.4, 0.5) is 10.5 Å². The van der Waals surface area contributed by atoms with Crippen LogP contribution in [0.1, 0.15) is 19.6 Å². The molecule has 156 valence electrons. The number of ether oxygens (including phenoxy) is 1. The van der Waals surface area contributed by atoms with E-state index < -0.39 is 6.03 Å². The monoisotopic (exact) mass is 407 g/mol. The molecule has 30 heavy (non-hydrogen) atoms. The number of carbonyl (C=O) groups is 1. The van der Waals surface area contributed by atoms with Gasteiger partial charge in [-0.1, -0.05) is 12.1 Å². The minimum absolute atomic E-state index is 0.0163. The molecule has 0 bridgehead atoms. The van der Waals surface area contributed by atoms with Crippen molar-refractivity contribution >= 4 is 17.7 Å². The van der Waals surface area contributed by atoms with Gasteiger partial charge in [-0.2, -0.15) is 0 Å². The number of amides is 2. The normalized spacial score (nSPS) is 11.3. The third-order valence-electron chi connectivity index (χ3n) is 4.19. The molecule has 0 fully saturated rings. The van der Waals surface area contributed by atoms with Crippen LogP contribution in [0.15, 0.2) is 64.3 Å². The number of pyridine rings is 1. The lowest BCUT2D eigenvalue weighted by molar-refractivity contribution is 0.119. The Balaban J connectivity index is 1.99. The van der Waals surface area contributed by atoms with Crippen LogP contribution in [0.2, 0.25) is 0 Å². The molecule has 0 spiro atoms. The predicted molar refractivity (Wildman–Crippen MR) is 116 cm³/mol. The molecule has 0 aliphatic heterocycles. The molecule has 2 amide bonds. The highest BCUT2D eigenvalue weighted by molar-refractivity contribution is 5.97. The van der Waals surface area contributed by atoms with Crippen LogP contribution in [-0.2, 0) is 11.3 Å². The molecule has 0 radical (unpaired) electrons. The summed E-state index contributed by atoms with van der Waals surface area (Å²) in [7, 11) is 0. The standard InChI is InChI=1S/C22H25N5O3/c1-3-25-22(28)27-21(23)26-19-9-7-15(16-6-5-11-24-13-16)12-18(19)20-10-8-17(30-20)14-29-4-2/h5-13H,3-4,14H2,1-2H3,(H4,23,25,26,27,28). The topological polar surface area (TPSA) is 115 Å². The summed E-state index contributed by atoms with van der Waals surface area (Å²) in [5.74, 6) is 1.32. The summed E-state index contributed by atoms with van der Waals surface area (Å²) in [6.45, 7) is 5.22. The largest absolute Gasteiger partial charge is 0.459 e. The zero-order valence-corrected chi connectivity index (χ0v) is 17.0. The maximum atomic E-state index is 11.7. The Kier molecular flexibility index (Phi) is 7.18. The average molecular weight is 407 g/mol. The first-order valence-corrected chi connectivity index (χ1v) is 9.71. The van der Waals surface area contributed by atoms with E-state index in [4.69, 9.17) is 14.9 Å². The number of nitrogens with zero attached hydrogens (tertiary/aromatic N) is 2. The van der Waals surface area contributed by atoms with Crippen LogP contribution in [0.25, 0.3) is 22.5 Å². The number of nitrogens with two attached hydrogens (primary N) is 1. The number of carbonyl (C=O) groups excluding carboxylic acids is 1. The second kappa shape index (κ2) is 10.2. The van der Waals surface area contributed by atoms with Gasteiger partial charge in [0.25, 0.3) is 0 Å². The number of hydrogen-bond donors (Lipinski definition) is 3. The number of urea groups is 1. The minimum atomic E-state index is -0.413. The predicted octanol–water partition coefficient (Wildman–Crippen LogP) is 3.81. The van der Waals surface area contributed by atoms with Gasteiger partial charge in [0.1, 0.15) is 18.1 Å². The summed E-state index contributed by atoms with van der Waals surface area (Å²) in [6.07, 6.45) is 3.51. The van der Waals surface area contributed by atoms with Gasteiger partial charge in [0.15, 0.2) is 0 Å². The maximum absolute atomic E-state index is 11.7. The summed E-state index contributed by atoms with van der Waals surface area (Å²) in [4.78, 5) is 20.3. The van der Waals surface area contributed by atoms with Gasteiger partial charge in [-0.25, -0.2) is 9.79 Å². The quantitative estimate of drug-likeness (QED) is 0.407. The van der Waals surface area contributed by atoms with E-state index in [1.54, 1.807) is 12.4 Å². The van der Waals surface area contributed by atoms with Crippen molar-refractivity contribution in [2.24, 2.45) is 10.7 Å². The Hall–Kier alpha value is -3.65. The number of nitrogens with one attached hydrogen (secondary N) is 2. The molecule has 1 aromatic carbocycles. The van der Waals surface area contributed by atoms with Crippen LogP contribution in [-0.4, -0.2) is 30.1 Å². The minimum Gasteiger partial charge on any atom is -0.459 e. The highest BCUT2D eigenvalue weighted by Crippen LogP contribution is 2.35. The van der Waals surface area contributed by atoms with Crippen molar-refractivity contribution in [3.63, 3.8) is 0 Å². The molecule has 4 N–H and O–H groups in total. The first-order chi connectivity index (χ1) is 14.6. The van der Waals surface area contributed by atoms with Gasteiger partial charge in [0.05, 0.1) is 5.69 Å². The Labute approximate surface area is 175 Å². The summed E-state index contributed by atoms with van der Waals surface area (Å²) in [5, 5.41) is 5.12. The lowest BCUT2D eigenvalue weighted by Gasteiger charge is -2.09. The van der Waals surface area contributed by atoms with E-state index in [9.17, 15) is 4.79 Å². The van der Waals surface area contributed by atoms with Crippen molar-refractivity contribution in [3.8, 4) is 22.5 Å². The fourth-order valence-electron chi connectivity index (χ4n) is 2.83. The second-order valence-electron chi connectivity index (χ2n) is 6.36. The highest BCUT2D eigenvalue weighted by atomic mass is 16.5. The number of rotatable bonds is 7. The Bertz CT molecular complexity index is 1010. The van der Waals surface area contributed by atoms with E-state index in [1.165, 1.54) is 0 Å². The molecular weight excluding hydrogens is 382 g/mol. The zero-order chi connectivity index (χ0) is 21.3. The number of furan rings is 1. The molecule has 0 saturated carbocycles. The fraction of sp³-hybridized carbons (Fsp3) is 0.227. The first kappa shape index (κ1) is 21.1. The van der Waals surface area contributed by atoms with Crippen molar-refractivity contribution < 1.29 is 13.9 Å². The van der Waals surface area contributed by atoms with Crippen LogP contribution in [0.3, 0.4) is 0 Å². The molecule has 3 rings (SSSR count). The molecule has 0 aliphatic rings. The molecule has 2 heterocycles. The number of aromatic nitrogens is 1. The molecule has 3 aromatic rings. The highest BCUT2D eigenvalue weighted by Gasteiger charge is 2.13. The maximum Gasteiger partial charge on any atom is 0.321 e. The Morgan fingerprint density at radius 2 is 2.07 bits per heavy atom. The van der Waals surface area contributed by atoms with E-state index in [2.05, 4.69) is 20.6 Å². The van der Waals surface area contributed by atoms with Gasteiger partial charge >= 0.3 is 6.03 Å². The third kappa shape index (κ3) is 5.45. The van der Waals surface area contributed by atoms with Crippen molar-refractivity contribution in [2.45, 2.75) is 20.5 Å². The van der Waals surface area contributed by atoms with Gasteiger partial charge < -0.3 is 20.2 Å². The lowest BCUT2D eigenvalue weighted by atomic mass is 10.0. The van der Waals surface area contributed by atoms with E-state index in [1.807, 2.05) is 56.3 Å². The van der Waals surface area contributed by atoms with Crippen molar-refractivity contribution in [1.29, 1.82) is 0 Å². The van der Waals surface area contributed by atoms with Crippen molar-refractivity contribution in [2.75, 3.05) is 13.2 Å². The Morgan fingerprint density at radius 3 is 2.80 bits per heavy atom. The van der Waals surface area contributed by atoms with Gasteiger partial charge in [-0.05, 0) is 49.7 Å². The van der Waals surface area contributed by atoms with E-state index in [0.29, 0.717) is 37.0 Å². The van der Waals surface area contributed by atoms with Crippen LogP contribution in [0.5, 0.6) is 0 Å². The molecule has 2 aromatic heterocycles. The van der Waals surface area contributed by atoms with Gasteiger partial charge in [0.2, 0.25) is 5.96 Å². The van der Waals surface area contributed by atoms with Crippen LogP contribution < -0.4 is 16.4 Å². The van der Waals surface area contributed by atoms with E-state index >= 15 is 0 Å². The SMILES string of the molecule is CCNC(=O)NC(N)=Nc1ccc(-c2cccnc2)cc1-c1ccc(COCC)o1. The summed E-state index contributed by atoms with van der Waals surface area (Å²) >= 11 is 0. The lowest BCUT2D eigenvalue weighted by Crippen LogP contribution is -2.43. The summed E-state index contributed by atoms with van der Waals surface area (Å²) in [5.41, 5.74) is 9.14. The second-order valence-corrected chi connectivity index (χ2v) is 6.36. The van der Waals surface area contributed by atoms with Crippen molar-refractivity contribution in [1.82, 2.24) is 15.6 Å². The molecule has 0 saturated heterocycles. The Morgan fingerprint density at radius 1 is 1.20 bits per heavy atom. The van der Waals surface area contributed by atoms with Gasteiger partial charge in [0, 0.05) is 36.7 Å². The molecule has 0 unspecified atom stereocenters. The van der Waals surface area contributed by atoms with Crippen LogP contribution >= 0.6 is 0 Å². The summed E-state index contributed by atoms with van der Waals surface area (Å²) < 4.78 is 11.4. The first-order valence-electron chi connectivity index (χ1n) is 9.71. The number of guanidine groups is 1. The molecule has 8 nitrogen and oxygen atoms in total. The average Bonchev–Trinajstić information content (AvgIpc) is 3.22. The number of aliphatic imine (C=N–C) groups is 1. The number of hydrogen-bond acceptors (Lipinski definition) is 5. The van der Waals surface area contributed by atoms with Crippen molar-refractivity contribution in [3.05, 3.63) is 60.6 Å².